The molecule has 0 amide bonds. The molecule has 1 nitrogen and oxygen atoms in total. The van der Waals surface area contributed by atoms with Gasteiger partial charge in [0.05, 0.1) is 11.4 Å². The summed E-state index contributed by atoms with van der Waals surface area (Å²) in [5.74, 6) is 0. The van der Waals surface area contributed by atoms with Gasteiger partial charge in [-0.3, -0.25) is 0 Å². The molecule has 2 aromatic carbocycles. The summed E-state index contributed by atoms with van der Waals surface area (Å²) >= 11 is 1.83. The van der Waals surface area contributed by atoms with Crippen LogP contribution < -0.4 is 5.32 Å². The van der Waals surface area contributed by atoms with Crippen molar-refractivity contribution in [2.75, 3.05) is 5.32 Å². The predicted octanol–water partition coefficient (Wildman–Crippen LogP) is 5.10. The Kier molecular flexibility index (Phi) is 2.88. The van der Waals surface area contributed by atoms with Crippen molar-refractivity contribution in [3.63, 3.8) is 0 Å². The Morgan fingerprint density at radius 3 is 2.89 bits per heavy atom. The van der Waals surface area contributed by atoms with E-state index in [0.29, 0.717) is 0 Å². The van der Waals surface area contributed by atoms with Gasteiger partial charge in [-0.15, -0.1) is 0 Å². The molecular weight excluding hydrogens is 238 g/mol. The Hall–Kier alpha value is -1.67. The second-order valence-electron chi connectivity index (χ2n) is 4.33. The molecule has 0 aromatic heterocycles. The van der Waals surface area contributed by atoms with Gasteiger partial charge in [0.15, 0.2) is 0 Å². The topological polar surface area (TPSA) is 12.0 Å². The van der Waals surface area contributed by atoms with Crippen molar-refractivity contribution in [2.45, 2.75) is 23.1 Å². The molecular formula is C16H15NS. The van der Waals surface area contributed by atoms with Gasteiger partial charge in [-0.25, -0.2) is 0 Å². The molecule has 1 N–H and O–H groups in total. The Balaban J connectivity index is 2.09. The molecule has 0 atom stereocenters. The first-order chi connectivity index (χ1) is 8.81. The predicted molar refractivity (Wildman–Crippen MR) is 79.8 cm³/mol. The monoisotopic (exact) mass is 253 g/mol. The maximum Gasteiger partial charge on any atom is 0.0558 e. The quantitative estimate of drug-likeness (QED) is 0.682. The van der Waals surface area contributed by atoms with Crippen LogP contribution in [0.5, 0.6) is 0 Å². The van der Waals surface area contributed by atoms with E-state index in [2.05, 4.69) is 55.2 Å². The van der Waals surface area contributed by atoms with Crippen LogP contribution in [-0.2, 0) is 6.42 Å². The van der Waals surface area contributed by atoms with Gasteiger partial charge in [-0.1, -0.05) is 49.5 Å². The van der Waals surface area contributed by atoms with Crippen molar-refractivity contribution in [1.82, 2.24) is 0 Å². The number of nitrogens with one attached hydrogen (secondary N) is 1. The number of para-hydroxylation sites is 1. The van der Waals surface area contributed by atoms with Gasteiger partial charge in [-0.2, -0.15) is 0 Å². The van der Waals surface area contributed by atoms with Crippen LogP contribution in [0.25, 0.3) is 6.08 Å². The van der Waals surface area contributed by atoms with Gasteiger partial charge in [0.25, 0.3) is 0 Å². The standard InChI is InChI=1S/C16H15NS/c1-3-11-8-9-14-13(10-11)17-16-12(4-2)6-5-7-15(16)18-14/h3,5-10,17H,1,4H2,2H3. The summed E-state index contributed by atoms with van der Waals surface area (Å²) in [6, 6.07) is 12.9. The molecule has 18 heavy (non-hydrogen) atoms. The molecule has 0 bridgehead atoms. The summed E-state index contributed by atoms with van der Waals surface area (Å²) in [4.78, 5) is 2.59. The van der Waals surface area contributed by atoms with Crippen molar-refractivity contribution in [3.8, 4) is 0 Å². The third kappa shape index (κ3) is 1.83. The van der Waals surface area contributed by atoms with Gasteiger partial charge >= 0.3 is 0 Å². The van der Waals surface area contributed by atoms with Crippen molar-refractivity contribution in [2.24, 2.45) is 0 Å². The SMILES string of the molecule is C=Cc1ccc2c(c1)Nc1c(CC)cccc1S2. The van der Waals surface area contributed by atoms with E-state index in [1.807, 2.05) is 17.8 Å². The number of aryl methyl sites for hydroxylation is 1. The smallest absolute Gasteiger partial charge is 0.0558 e. The molecule has 0 saturated heterocycles. The lowest BCUT2D eigenvalue weighted by molar-refractivity contribution is 1.12. The summed E-state index contributed by atoms with van der Waals surface area (Å²) < 4.78 is 0. The van der Waals surface area contributed by atoms with Crippen molar-refractivity contribution in [1.29, 1.82) is 0 Å². The van der Waals surface area contributed by atoms with Crippen LogP contribution >= 0.6 is 11.8 Å². The second-order valence-corrected chi connectivity index (χ2v) is 5.41. The Bertz CT molecular complexity index is 616. The van der Waals surface area contributed by atoms with Crippen molar-refractivity contribution < 1.29 is 0 Å². The summed E-state index contributed by atoms with van der Waals surface area (Å²) in [7, 11) is 0. The molecule has 0 spiro atoms. The fraction of sp³-hybridized carbons (Fsp3) is 0.125. The second kappa shape index (κ2) is 4.54. The van der Waals surface area contributed by atoms with E-state index in [-0.39, 0.29) is 0 Å². The highest BCUT2D eigenvalue weighted by atomic mass is 32.2. The normalized spacial score (nSPS) is 12.3. The summed E-state index contributed by atoms with van der Waals surface area (Å²) in [6.45, 7) is 6.02. The van der Waals surface area contributed by atoms with Crippen LogP contribution in [-0.4, -0.2) is 0 Å². The van der Waals surface area contributed by atoms with Gasteiger partial charge < -0.3 is 5.32 Å². The van der Waals surface area contributed by atoms with E-state index in [1.165, 1.54) is 26.7 Å². The maximum absolute atomic E-state index is 3.82. The molecule has 2 heteroatoms. The van der Waals surface area contributed by atoms with E-state index >= 15 is 0 Å². The molecule has 0 unspecified atom stereocenters. The molecule has 1 heterocycles. The first-order valence-corrected chi connectivity index (χ1v) is 6.96. The van der Waals surface area contributed by atoms with Crippen LogP contribution in [0.4, 0.5) is 11.4 Å². The van der Waals surface area contributed by atoms with Gasteiger partial charge in [0, 0.05) is 9.79 Å². The van der Waals surface area contributed by atoms with Crippen molar-refractivity contribution in [3.05, 3.63) is 54.1 Å². The minimum absolute atomic E-state index is 1.05. The highest BCUT2D eigenvalue weighted by molar-refractivity contribution is 7.99. The summed E-state index contributed by atoms with van der Waals surface area (Å²) in [5, 5.41) is 3.57. The first kappa shape index (κ1) is 11.4. The molecule has 0 fully saturated rings. The first-order valence-electron chi connectivity index (χ1n) is 6.15. The lowest BCUT2D eigenvalue weighted by Gasteiger charge is -2.23. The van der Waals surface area contributed by atoms with E-state index in [0.717, 1.165) is 12.0 Å². The molecule has 0 saturated carbocycles. The molecule has 3 rings (SSSR count). The average Bonchev–Trinajstić information content (AvgIpc) is 2.43. The minimum Gasteiger partial charge on any atom is -0.353 e. The number of hydrogen-bond donors (Lipinski definition) is 1. The summed E-state index contributed by atoms with van der Waals surface area (Å²) in [5.41, 5.74) is 4.97. The number of hydrogen-bond acceptors (Lipinski definition) is 2. The zero-order valence-corrected chi connectivity index (χ0v) is 11.2. The number of fused-ring (bicyclic) bond motifs is 2. The zero-order chi connectivity index (χ0) is 12.5. The Morgan fingerprint density at radius 1 is 1.22 bits per heavy atom. The number of benzene rings is 2. The zero-order valence-electron chi connectivity index (χ0n) is 10.4. The third-order valence-electron chi connectivity index (χ3n) is 3.21. The number of rotatable bonds is 2. The van der Waals surface area contributed by atoms with E-state index in [1.54, 1.807) is 0 Å². The van der Waals surface area contributed by atoms with Crippen LogP contribution in [0.3, 0.4) is 0 Å². The third-order valence-corrected chi connectivity index (χ3v) is 4.35. The molecule has 0 aliphatic carbocycles. The molecule has 0 radical (unpaired) electrons. The molecule has 1 aliphatic heterocycles. The van der Waals surface area contributed by atoms with Gasteiger partial charge in [0.2, 0.25) is 0 Å². The Labute approximate surface area is 112 Å². The maximum atomic E-state index is 3.82. The fourth-order valence-electron chi connectivity index (χ4n) is 2.21. The van der Waals surface area contributed by atoms with Gasteiger partial charge in [0.1, 0.15) is 0 Å². The molecule has 1 aliphatic rings. The minimum atomic E-state index is 1.05. The highest BCUT2D eigenvalue weighted by Crippen LogP contribution is 2.45. The van der Waals surface area contributed by atoms with E-state index < -0.39 is 0 Å². The van der Waals surface area contributed by atoms with Crippen LogP contribution in [0.1, 0.15) is 18.1 Å². The highest BCUT2D eigenvalue weighted by Gasteiger charge is 2.17. The Morgan fingerprint density at radius 2 is 2.11 bits per heavy atom. The fourth-order valence-corrected chi connectivity index (χ4v) is 3.24. The molecule has 2 aromatic rings. The van der Waals surface area contributed by atoms with Crippen LogP contribution in [0.2, 0.25) is 0 Å². The number of anilines is 2. The van der Waals surface area contributed by atoms with Crippen molar-refractivity contribution >= 4 is 29.2 Å². The van der Waals surface area contributed by atoms with Gasteiger partial charge in [-0.05, 0) is 35.7 Å². The lowest BCUT2D eigenvalue weighted by atomic mass is 10.1. The van der Waals surface area contributed by atoms with E-state index in [9.17, 15) is 0 Å². The largest absolute Gasteiger partial charge is 0.353 e. The lowest BCUT2D eigenvalue weighted by Crippen LogP contribution is -2.03. The van der Waals surface area contributed by atoms with Crippen LogP contribution in [0.15, 0.2) is 52.8 Å². The molecule has 90 valence electrons. The van der Waals surface area contributed by atoms with E-state index in [4.69, 9.17) is 0 Å². The average molecular weight is 253 g/mol. The summed E-state index contributed by atoms with van der Waals surface area (Å²) in [6.07, 6.45) is 2.93. The van der Waals surface area contributed by atoms with Crippen LogP contribution in [0, 0.1) is 0 Å².